The number of benzene rings is 2. The largest absolute Gasteiger partial charge is 0.489 e. The Labute approximate surface area is 134 Å². The highest BCUT2D eigenvalue weighted by molar-refractivity contribution is 6.31. The Morgan fingerprint density at radius 2 is 2.05 bits per heavy atom. The van der Waals surface area contributed by atoms with Crippen molar-refractivity contribution in [2.24, 2.45) is 0 Å². The standard InChI is InChI=1S/C17H15ClN2O2/c18-16-7-2-1-5-14(16)12-22-15-6-3-4-13(10-15)11-20-17(21)8-9-19/h1-7,10H,8,11-12H2,(H,20,21). The first-order valence-corrected chi connectivity index (χ1v) is 7.15. The van der Waals surface area contributed by atoms with Gasteiger partial charge in [-0.1, -0.05) is 41.9 Å². The maximum Gasteiger partial charge on any atom is 0.234 e. The Hall–Kier alpha value is -2.51. The summed E-state index contributed by atoms with van der Waals surface area (Å²) in [4.78, 5) is 11.3. The van der Waals surface area contributed by atoms with Crippen molar-refractivity contribution in [3.8, 4) is 11.8 Å². The van der Waals surface area contributed by atoms with E-state index in [0.717, 1.165) is 11.1 Å². The summed E-state index contributed by atoms with van der Waals surface area (Å²) in [7, 11) is 0. The predicted octanol–water partition coefficient (Wildman–Crippen LogP) is 3.45. The summed E-state index contributed by atoms with van der Waals surface area (Å²) >= 11 is 6.08. The minimum atomic E-state index is -0.287. The highest BCUT2D eigenvalue weighted by Gasteiger charge is 2.03. The van der Waals surface area contributed by atoms with Gasteiger partial charge in [0.15, 0.2) is 0 Å². The predicted molar refractivity (Wildman–Crippen MR) is 84.3 cm³/mol. The molecule has 112 valence electrons. The minimum absolute atomic E-state index is 0.136. The van der Waals surface area contributed by atoms with E-state index in [1.165, 1.54) is 0 Å². The fourth-order valence-electron chi connectivity index (χ4n) is 1.86. The summed E-state index contributed by atoms with van der Waals surface area (Å²) in [5.41, 5.74) is 1.82. The number of halogens is 1. The highest BCUT2D eigenvalue weighted by Crippen LogP contribution is 2.19. The molecule has 0 saturated carbocycles. The van der Waals surface area contributed by atoms with Crippen LogP contribution < -0.4 is 10.1 Å². The molecule has 0 heterocycles. The van der Waals surface area contributed by atoms with Gasteiger partial charge in [-0.3, -0.25) is 4.79 Å². The Morgan fingerprint density at radius 3 is 2.82 bits per heavy atom. The van der Waals surface area contributed by atoms with Gasteiger partial charge in [0.25, 0.3) is 0 Å². The number of amides is 1. The molecule has 0 saturated heterocycles. The number of nitrogens with zero attached hydrogens (tertiary/aromatic N) is 1. The first kappa shape index (κ1) is 15.9. The van der Waals surface area contributed by atoms with Crippen molar-refractivity contribution in [3.05, 3.63) is 64.7 Å². The van der Waals surface area contributed by atoms with E-state index in [0.29, 0.717) is 23.9 Å². The molecule has 0 bridgehead atoms. The molecule has 2 aromatic rings. The van der Waals surface area contributed by atoms with E-state index >= 15 is 0 Å². The van der Waals surface area contributed by atoms with Gasteiger partial charge in [0.05, 0.1) is 6.07 Å². The number of hydrogen-bond acceptors (Lipinski definition) is 3. The normalized spacial score (nSPS) is 9.82. The summed E-state index contributed by atoms with van der Waals surface area (Å²) in [6.45, 7) is 0.744. The van der Waals surface area contributed by atoms with Gasteiger partial charge >= 0.3 is 0 Å². The van der Waals surface area contributed by atoms with Gasteiger partial charge in [-0.25, -0.2) is 0 Å². The molecular formula is C17H15ClN2O2. The summed E-state index contributed by atoms with van der Waals surface area (Å²) < 4.78 is 5.72. The van der Waals surface area contributed by atoms with E-state index in [4.69, 9.17) is 21.6 Å². The average molecular weight is 315 g/mol. The maximum atomic E-state index is 11.3. The molecule has 2 rings (SSSR count). The number of nitriles is 1. The molecule has 0 fully saturated rings. The maximum absolute atomic E-state index is 11.3. The molecule has 0 aliphatic rings. The number of carbonyl (C=O) groups excluding carboxylic acids is 1. The molecule has 0 aromatic heterocycles. The number of rotatable bonds is 6. The number of ether oxygens (including phenoxy) is 1. The third-order valence-electron chi connectivity index (χ3n) is 2.98. The minimum Gasteiger partial charge on any atom is -0.489 e. The van der Waals surface area contributed by atoms with Crippen LogP contribution in [0.2, 0.25) is 5.02 Å². The molecule has 4 nitrogen and oxygen atoms in total. The summed E-state index contributed by atoms with van der Waals surface area (Å²) in [6.07, 6.45) is -0.136. The van der Waals surface area contributed by atoms with Crippen molar-refractivity contribution < 1.29 is 9.53 Å². The lowest BCUT2D eigenvalue weighted by atomic mass is 10.2. The monoisotopic (exact) mass is 314 g/mol. The van der Waals surface area contributed by atoms with Crippen LogP contribution in [-0.4, -0.2) is 5.91 Å². The van der Waals surface area contributed by atoms with Crippen LogP contribution in [0.15, 0.2) is 48.5 Å². The van der Waals surface area contributed by atoms with E-state index in [1.807, 2.05) is 54.6 Å². The molecule has 1 N–H and O–H groups in total. The molecule has 1 amide bonds. The van der Waals surface area contributed by atoms with Crippen molar-refractivity contribution in [3.63, 3.8) is 0 Å². The highest BCUT2D eigenvalue weighted by atomic mass is 35.5. The Morgan fingerprint density at radius 1 is 1.23 bits per heavy atom. The molecule has 2 aromatic carbocycles. The molecular weight excluding hydrogens is 300 g/mol. The van der Waals surface area contributed by atoms with E-state index in [1.54, 1.807) is 0 Å². The molecule has 5 heteroatoms. The van der Waals surface area contributed by atoms with Crippen LogP contribution in [-0.2, 0) is 17.9 Å². The molecule has 0 radical (unpaired) electrons. The molecule has 0 aliphatic carbocycles. The van der Waals surface area contributed by atoms with Gasteiger partial charge < -0.3 is 10.1 Å². The van der Waals surface area contributed by atoms with Crippen LogP contribution in [0.5, 0.6) is 5.75 Å². The fraction of sp³-hybridized carbons (Fsp3) is 0.176. The average Bonchev–Trinajstić information content (AvgIpc) is 2.53. The molecule has 0 spiro atoms. The molecule has 22 heavy (non-hydrogen) atoms. The van der Waals surface area contributed by atoms with E-state index in [2.05, 4.69) is 5.32 Å². The van der Waals surface area contributed by atoms with Gasteiger partial charge in [-0.2, -0.15) is 5.26 Å². The van der Waals surface area contributed by atoms with Gasteiger partial charge in [0, 0.05) is 17.1 Å². The van der Waals surface area contributed by atoms with Crippen molar-refractivity contribution in [1.29, 1.82) is 5.26 Å². The van der Waals surface area contributed by atoms with E-state index in [-0.39, 0.29) is 12.3 Å². The Bertz CT molecular complexity index is 695. The van der Waals surface area contributed by atoms with Gasteiger partial charge in [0.1, 0.15) is 18.8 Å². The van der Waals surface area contributed by atoms with Crippen LogP contribution in [0.1, 0.15) is 17.5 Å². The molecule has 0 aliphatic heterocycles. The van der Waals surface area contributed by atoms with Crippen molar-refractivity contribution in [2.45, 2.75) is 19.6 Å². The van der Waals surface area contributed by atoms with Crippen molar-refractivity contribution >= 4 is 17.5 Å². The summed E-state index contributed by atoms with van der Waals surface area (Å²) in [5.74, 6) is 0.414. The lowest BCUT2D eigenvalue weighted by Gasteiger charge is -2.09. The molecule has 0 atom stereocenters. The van der Waals surface area contributed by atoms with Gasteiger partial charge in [0.2, 0.25) is 5.91 Å². The summed E-state index contributed by atoms with van der Waals surface area (Å²) in [5, 5.41) is 11.8. The van der Waals surface area contributed by atoms with Crippen LogP contribution >= 0.6 is 11.6 Å². The zero-order valence-corrected chi connectivity index (χ0v) is 12.6. The first-order valence-electron chi connectivity index (χ1n) is 6.78. The van der Waals surface area contributed by atoms with Crippen LogP contribution in [0.25, 0.3) is 0 Å². The zero-order chi connectivity index (χ0) is 15.8. The summed E-state index contributed by atoms with van der Waals surface area (Å²) in [6, 6.07) is 16.8. The second-order valence-electron chi connectivity index (χ2n) is 4.64. The molecule has 0 unspecified atom stereocenters. The fourth-order valence-corrected chi connectivity index (χ4v) is 2.05. The SMILES string of the molecule is N#CCC(=O)NCc1cccc(OCc2ccccc2Cl)c1. The smallest absolute Gasteiger partial charge is 0.234 e. The first-order chi connectivity index (χ1) is 10.7. The third kappa shape index (κ3) is 4.80. The van der Waals surface area contributed by atoms with Gasteiger partial charge in [-0.15, -0.1) is 0 Å². The lowest BCUT2D eigenvalue weighted by Crippen LogP contribution is -2.21. The van der Waals surface area contributed by atoms with E-state index < -0.39 is 0 Å². The van der Waals surface area contributed by atoms with Crippen LogP contribution in [0.3, 0.4) is 0 Å². The lowest BCUT2D eigenvalue weighted by molar-refractivity contribution is -0.120. The topological polar surface area (TPSA) is 62.1 Å². The zero-order valence-electron chi connectivity index (χ0n) is 11.9. The number of hydrogen-bond donors (Lipinski definition) is 1. The van der Waals surface area contributed by atoms with Crippen LogP contribution in [0, 0.1) is 11.3 Å². The van der Waals surface area contributed by atoms with Gasteiger partial charge in [-0.05, 0) is 23.8 Å². The second-order valence-corrected chi connectivity index (χ2v) is 5.05. The number of carbonyl (C=O) groups is 1. The van der Waals surface area contributed by atoms with Crippen molar-refractivity contribution in [1.82, 2.24) is 5.32 Å². The van der Waals surface area contributed by atoms with Crippen LogP contribution in [0.4, 0.5) is 0 Å². The quantitative estimate of drug-likeness (QED) is 0.888. The third-order valence-corrected chi connectivity index (χ3v) is 3.35. The number of nitrogens with one attached hydrogen (secondary N) is 1. The Balaban J connectivity index is 1.93. The van der Waals surface area contributed by atoms with E-state index in [9.17, 15) is 4.79 Å². The van der Waals surface area contributed by atoms with Crippen molar-refractivity contribution in [2.75, 3.05) is 0 Å². The Kier molecular flexibility index (Phi) is 5.81. The second kappa shape index (κ2) is 8.06.